The van der Waals surface area contributed by atoms with E-state index in [9.17, 15) is 4.79 Å². The van der Waals surface area contributed by atoms with E-state index < -0.39 is 0 Å². The molecule has 1 rings (SSSR count). The van der Waals surface area contributed by atoms with Crippen LogP contribution in [0.5, 0.6) is 0 Å². The lowest BCUT2D eigenvalue weighted by molar-refractivity contribution is -0.117. The van der Waals surface area contributed by atoms with Crippen molar-refractivity contribution in [3.63, 3.8) is 0 Å². The summed E-state index contributed by atoms with van der Waals surface area (Å²) in [5, 5.41) is 12.2. The summed E-state index contributed by atoms with van der Waals surface area (Å²) in [7, 11) is 0. The molecule has 118 valence electrons. The number of hydrogen-bond donors (Lipinski definition) is 3. The maximum Gasteiger partial charge on any atom is 0.238 e. The van der Waals surface area contributed by atoms with E-state index >= 15 is 0 Å². The van der Waals surface area contributed by atoms with Crippen LogP contribution in [0.4, 0.5) is 11.4 Å². The van der Waals surface area contributed by atoms with Crippen LogP contribution < -0.4 is 11.1 Å². The van der Waals surface area contributed by atoms with E-state index in [1.165, 1.54) is 12.1 Å². The molecule has 0 radical (unpaired) electrons. The maximum absolute atomic E-state index is 12.1. The standard InChI is InChI=1S/C14H21Cl2N3O2/c1-9(2)19(4-3-5-20)8-13(21)18-14-11(15)6-10(17)7-12(14)16/h6-7,9,20H,3-5,8,17H2,1-2H3,(H,18,21). The number of nitrogens with one attached hydrogen (secondary N) is 1. The number of aliphatic hydroxyl groups excluding tert-OH is 1. The van der Waals surface area contributed by atoms with Gasteiger partial charge >= 0.3 is 0 Å². The third-order valence-corrected chi connectivity index (χ3v) is 3.61. The molecule has 5 nitrogen and oxygen atoms in total. The van der Waals surface area contributed by atoms with Gasteiger partial charge in [0.2, 0.25) is 5.91 Å². The van der Waals surface area contributed by atoms with E-state index in [2.05, 4.69) is 5.32 Å². The molecule has 7 heteroatoms. The molecule has 21 heavy (non-hydrogen) atoms. The Bertz CT molecular complexity index is 472. The zero-order chi connectivity index (χ0) is 16.0. The van der Waals surface area contributed by atoms with E-state index in [1.54, 1.807) is 0 Å². The fourth-order valence-electron chi connectivity index (χ4n) is 1.87. The first-order valence-corrected chi connectivity index (χ1v) is 7.50. The van der Waals surface area contributed by atoms with Crippen LogP contribution in [0.25, 0.3) is 0 Å². The van der Waals surface area contributed by atoms with Gasteiger partial charge in [0.15, 0.2) is 0 Å². The minimum atomic E-state index is -0.213. The summed E-state index contributed by atoms with van der Waals surface area (Å²) in [6, 6.07) is 3.27. The summed E-state index contributed by atoms with van der Waals surface area (Å²) >= 11 is 12.1. The number of nitrogens with zero attached hydrogens (tertiary/aromatic N) is 1. The van der Waals surface area contributed by atoms with Gasteiger partial charge in [0.1, 0.15) is 0 Å². The predicted octanol–water partition coefficient (Wildman–Crippen LogP) is 2.61. The van der Waals surface area contributed by atoms with Crippen molar-refractivity contribution in [2.24, 2.45) is 0 Å². The van der Waals surface area contributed by atoms with Crippen molar-refractivity contribution in [2.45, 2.75) is 26.3 Å². The number of benzene rings is 1. The minimum absolute atomic E-state index is 0.0977. The maximum atomic E-state index is 12.1. The Morgan fingerprint density at radius 3 is 2.43 bits per heavy atom. The van der Waals surface area contributed by atoms with Gasteiger partial charge in [0.25, 0.3) is 0 Å². The lowest BCUT2D eigenvalue weighted by Crippen LogP contribution is -2.39. The first-order chi connectivity index (χ1) is 9.85. The van der Waals surface area contributed by atoms with Crippen LogP contribution in [0.2, 0.25) is 10.0 Å². The number of halogens is 2. The number of rotatable bonds is 7. The highest BCUT2D eigenvalue weighted by molar-refractivity contribution is 6.40. The Morgan fingerprint density at radius 1 is 1.38 bits per heavy atom. The number of carbonyl (C=O) groups is 1. The van der Waals surface area contributed by atoms with E-state index in [-0.39, 0.29) is 25.1 Å². The average molecular weight is 334 g/mol. The molecular weight excluding hydrogens is 313 g/mol. The van der Waals surface area contributed by atoms with Crippen LogP contribution in [0.3, 0.4) is 0 Å². The molecule has 0 spiro atoms. The van der Waals surface area contributed by atoms with Gasteiger partial charge < -0.3 is 16.2 Å². The molecule has 0 fully saturated rings. The largest absolute Gasteiger partial charge is 0.399 e. The lowest BCUT2D eigenvalue weighted by atomic mass is 10.2. The highest BCUT2D eigenvalue weighted by atomic mass is 35.5. The molecule has 1 aromatic rings. The third-order valence-electron chi connectivity index (χ3n) is 3.01. The van der Waals surface area contributed by atoms with Gasteiger partial charge in [-0.2, -0.15) is 0 Å². The molecule has 0 unspecified atom stereocenters. The van der Waals surface area contributed by atoms with Crippen molar-refractivity contribution in [2.75, 3.05) is 30.7 Å². The van der Waals surface area contributed by atoms with E-state index in [1.807, 2.05) is 18.7 Å². The van der Waals surface area contributed by atoms with Crippen molar-refractivity contribution < 1.29 is 9.90 Å². The highest BCUT2D eigenvalue weighted by Crippen LogP contribution is 2.32. The van der Waals surface area contributed by atoms with Crippen molar-refractivity contribution in [1.82, 2.24) is 4.90 Å². The van der Waals surface area contributed by atoms with Gasteiger partial charge in [0, 0.05) is 24.9 Å². The van der Waals surface area contributed by atoms with E-state index in [0.717, 1.165) is 0 Å². The van der Waals surface area contributed by atoms with Crippen molar-refractivity contribution in [3.05, 3.63) is 22.2 Å². The van der Waals surface area contributed by atoms with Gasteiger partial charge in [0.05, 0.1) is 22.3 Å². The summed E-state index contributed by atoms with van der Waals surface area (Å²) in [5.74, 6) is -0.213. The summed E-state index contributed by atoms with van der Waals surface area (Å²) in [6.45, 7) is 4.93. The molecule has 0 atom stereocenters. The van der Waals surface area contributed by atoms with E-state index in [0.29, 0.717) is 34.4 Å². The minimum Gasteiger partial charge on any atom is -0.399 e. The number of nitrogens with two attached hydrogens (primary N) is 1. The van der Waals surface area contributed by atoms with Gasteiger partial charge in [-0.3, -0.25) is 9.69 Å². The summed E-state index contributed by atoms with van der Waals surface area (Å²) in [4.78, 5) is 14.1. The summed E-state index contributed by atoms with van der Waals surface area (Å²) in [5.41, 5.74) is 6.42. The fraction of sp³-hybridized carbons (Fsp3) is 0.500. The summed E-state index contributed by atoms with van der Waals surface area (Å²) in [6.07, 6.45) is 0.620. The molecule has 0 bridgehead atoms. The fourth-order valence-corrected chi connectivity index (χ4v) is 2.47. The molecule has 0 heterocycles. The molecule has 0 aliphatic carbocycles. The second-order valence-electron chi connectivity index (χ2n) is 5.05. The number of carbonyl (C=O) groups excluding carboxylic acids is 1. The van der Waals surface area contributed by atoms with Gasteiger partial charge in [-0.25, -0.2) is 0 Å². The van der Waals surface area contributed by atoms with Crippen LogP contribution in [0, 0.1) is 0 Å². The molecule has 4 N–H and O–H groups in total. The number of anilines is 2. The second kappa shape index (κ2) is 8.44. The zero-order valence-corrected chi connectivity index (χ0v) is 13.7. The molecule has 0 saturated carbocycles. The van der Waals surface area contributed by atoms with Crippen molar-refractivity contribution in [3.8, 4) is 0 Å². The predicted molar refractivity (Wildman–Crippen MR) is 87.9 cm³/mol. The van der Waals surface area contributed by atoms with Crippen molar-refractivity contribution in [1.29, 1.82) is 0 Å². The number of hydrogen-bond acceptors (Lipinski definition) is 4. The average Bonchev–Trinajstić information content (AvgIpc) is 2.38. The quantitative estimate of drug-likeness (QED) is 0.670. The number of amides is 1. The molecule has 0 aliphatic heterocycles. The van der Waals surface area contributed by atoms with Crippen LogP contribution in [-0.2, 0) is 4.79 Å². The first kappa shape index (κ1) is 18.0. The molecule has 0 aromatic heterocycles. The normalized spacial score (nSPS) is 11.2. The van der Waals surface area contributed by atoms with Gasteiger partial charge in [-0.15, -0.1) is 0 Å². The topological polar surface area (TPSA) is 78.6 Å². The molecule has 0 aliphatic rings. The molecule has 0 saturated heterocycles. The summed E-state index contributed by atoms with van der Waals surface area (Å²) < 4.78 is 0. The SMILES string of the molecule is CC(C)N(CCCO)CC(=O)Nc1c(Cl)cc(N)cc1Cl. The number of nitrogen functional groups attached to an aromatic ring is 1. The van der Waals surface area contributed by atoms with E-state index in [4.69, 9.17) is 34.0 Å². The monoisotopic (exact) mass is 333 g/mol. The molecular formula is C14H21Cl2N3O2. The first-order valence-electron chi connectivity index (χ1n) is 6.74. The van der Waals surface area contributed by atoms with Crippen LogP contribution in [-0.4, -0.2) is 41.7 Å². The molecule has 1 amide bonds. The third kappa shape index (κ3) is 5.71. The Kier molecular flexibility index (Phi) is 7.25. The highest BCUT2D eigenvalue weighted by Gasteiger charge is 2.16. The van der Waals surface area contributed by atoms with Crippen LogP contribution in [0.15, 0.2) is 12.1 Å². The van der Waals surface area contributed by atoms with Gasteiger partial charge in [-0.05, 0) is 32.4 Å². The van der Waals surface area contributed by atoms with Crippen molar-refractivity contribution >= 4 is 40.5 Å². The Hall–Kier alpha value is -1.01. The van der Waals surface area contributed by atoms with Crippen LogP contribution in [0.1, 0.15) is 20.3 Å². The Labute approximate surface area is 135 Å². The smallest absolute Gasteiger partial charge is 0.238 e. The Morgan fingerprint density at radius 2 is 1.95 bits per heavy atom. The van der Waals surface area contributed by atoms with Gasteiger partial charge in [-0.1, -0.05) is 23.2 Å². The van der Waals surface area contributed by atoms with Crippen LogP contribution >= 0.6 is 23.2 Å². The Balaban J connectivity index is 2.72. The zero-order valence-electron chi connectivity index (χ0n) is 12.2. The second-order valence-corrected chi connectivity index (χ2v) is 5.86. The molecule has 1 aromatic carbocycles. The lowest BCUT2D eigenvalue weighted by Gasteiger charge is -2.25. The number of aliphatic hydroxyl groups is 1.